The smallest absolute Gasteiger partial charge is 0.247 e. The summed E-state index contributed by atoms with van der Waals surface area (Å²) in [6, 6.07) is 22.3. The number of nitrogens with one attached hydrogen (secondary N) is 1. The van der Waals surface area contributed by atoms with Crippen molar-refractivity contribution < 1.29 is 19.0 Å². The normalized spacial score (nSPS) is 15.7. The van der Waals surface area contributed by atoms with Crippen molar-refractivity contribution in [2.75, 3.05) is 20.8 Å². The largest absolute Gasteiger partial charge is 0.493 e. The zero-order valence-corrected chi connectivity index (χ0v) is 21.0. The number of hydrogen-bond donors (Lipinski definition) is 1. The second-order valence-corrected chi connectivity index (χ2v) is 9.72. The van der Waals surface area contributed by atoms with Gasteiger partial charge in [-0.25, -0.2) is 0 Å². The maximum atomic E-state index is 13.2. The van der Waals surface area contributed by atoms with Crippen LogP contribution in [-0.2, 0) is 23.2 Å². The summed E-state index contributed by atoms with van der Waals surface area (Å²) in [7, 11) is 3.31. The van der Waals surface area contributed by atoms with Gasteiger partial charge in [-0.3, -0.25) is 4.79 Å². The lowest BCUT2D eigenvalue weighted by molar-refractivity contribution is -0.117. The van der Waals surface area contributed by atoms with Gasteiger partial charge in [0.25, 0.3) is 0 Å². The first-order chi connectivity index (χ1) is 17.6. The zero-order chi connectivity index (χ0) is 25.0. The highest BCUT2D eigenvalue weighted by Gasteiger charge is 2.37. The molecule has 3 aromatic rings. The van der Waals surface area contributed by atoms with Crippen molar-refractivity contribution in [3.63, 3.8) is 0 Å². The molecule has 36 heavy (non-hydrogen) atoms. The van der Waals surface area contributed by atoms with E-state index in [9.17, 15) is 4.79 Å². The maximum Gasteiger partial charge on any atom is 0.247 e. The lowest BCUT2D eigenvalue weighted by Gasteiger charge is -2.30. The van der Waals surface area contributed by atoms with Crippen molar-refractivity contribution in [3.05, 3.63) is 94.6 Å². The number of carbonyl (C=O) groups is 1. The Morgan fingerprint density at radius 3 is 2.44 bits per heavy atom. The molecule has 5 rings (SSSR count). The third-order valence-electron chi connectivity index (χ3n) is 7.51. The number of amides is 1. The molecule has 1 fully saturated rings. The minimum Gasteiger partial charge on any atom is -0.493 e. The van der Waals surface area contributed by atoms with E-state index >= 15 is 0 Å². The van der Waals surface area contributed by atoms with E-state index in [1.165, 1.54) is 5.56 Å². The van der Waals surface area contributed by atoms with Crippen LogP contribution in [0.15, 0.2) is 72.3 Å². The first-order valence-corrected chi connectivity index (χ1v) is 12.6. The number of hydrogen-bond acceptors (Lipinski definition) is 4. The summed E-state index contributed by atoms with van der Waals surface area (Å²) in [6.07, 6.45) is 7.05. The molecule has 0 radical (unpaired) electrons. The molecule has 5 nitrogen and oxygen atoms in total. The summed E-state index contributed by atoms with van der Waals surface area (Å²) < 4.78 is 16.9. The van der Waals surface area contributed by atoms with Crippen molar-refractivity contribution in [2.24, 2.45) is 0 Å². The Morgan fingerprint density at radius 2 is 1.69 bits per heavy atom. The maximum absolute atomic E-state index is 13.2. The van der Waals surface area contributed by atoms with Gasteiger partial charge in [0.05, 0.1) is 14.2 Å². The Bertz CT molecular complexity index is 1260. The van der Waals surface area contributed by atoms with Crippen LogP contribution in [0.1, 0.15) is 47.9 Å². The molecule has 0 saturated heterocycles. The van der Waals surface area contributed by atoms with Crippen molar-refractivity contribution >= 4 is 12.0 Å². The van der Waals surface area contributed by atoms with E-state index < -0.39 is 0 Å². The predicted molar refractivity (Wildman–Crippen MR) is 142 cm³/mol. The van der Waals surface area contributed by atoms with Crippen LogP contribution in [0.25, 0.3) is 6.08 Å². The highest BCUT2D eigenvalue weighted by molar-refractivity contribution is 6.00. The predicted octanol–water partition coefficient (Wildman–Crippen LogP) is 5.85. The van der Waals surface area contributed by atoms with Crippen LogP contribution < -0.4 is 19.5 Å². The lowest BCUT2D eigenvalue weighted by Crippen LogP contribution is -2.39. The Kier molecular flexibility index (Phi) is 6.99. The summed E-state index contributed by atoms with van der Waals surface area (Å²) in [4.78, 5) is 13.2. The van der Waals surface area contributed by atoms with Crippen molar-refractivity contribution in [3.8, 4) is 17.2 Å². The number of fused-ring (bicyclic) bond motifs is 1. The molecule has 0 unspecified atom stereocenters. The van der Waals surface area contributed by atoms with Crippen LogP contribution in [0.4, 0.5) is 0 Å². The van der Waals surface area contributed by atoms with Gasteiger partial charge >= 0.3 is 0 Å². The van der Waals surface area contributed by atoms with Crippen molar-refractivity contribution in [1.82, 2.24) is 5.32 Å². The van der Waals surface area contributed by atoms with Crippen molar-refractivity contribution in [1.29, 1.82) is 0 Å². The topological polar surface area (TPSA) is 56.8 Å². The molecule has 0 spiro atoms. The Balaban J connectivity index is 1.25. The molecule has 0 bridgehead atoms. The zero-order valence-electron chi connectivity index (χ0n) is 21.0. The molecule has 0 aliphatic heterocycles. The van der Waals surface area contributed by atoms with Gasteiger partial charge in [0.15, 0.2) is 11.5 Å². The molecule has 1 N–H and O–H groups in total. The standard InChI is InChI=1S/C31H33NO4/c1-34-28-13-11-26(19-29(28)35-2)31(14-6-7-15-31)21-32-30(33)25-16-23-10-12-27(18-24(23)17-25)36-20-22-8-4-3-5-9-22/h3-5,8-13,17-19H,6-7,14-16,20-21H2,1-2H3,(H,32,33). The number of methoxy groups -OCH3 is 2. The molecule has 0 heterocycles. The first kappa shape index (κ1) is 24.0. The second kappa shape index (κ2) is 10.5. The summed E-state index contributed by atoms with van der Waals surface area (Å²) >= 11 is 0. The monoisotopic (exact) mass is 483 g/mol. The van der Waals surface area contributed by atoms with E-state index in [1.807, 2.05) is 42.5 Å². The van der Waals surface area contributed by atoms with E-state index in [1.54, 1.807) is 14.2 Å². The van der Waals surface area contributed by atoms with Crippen LogP contribution in [-0.4, -0.2) is 26.7 Å². The van der Waals surface area contributed by atoms with Gasteiger partial charge < -0.3 is 19.5 Å². The molecule has 5 heteroatoms. The van der Waals surface area contributed by atoms with Gasteiger partial charge in [0.2, 0.25) is 5.91 Å². The average molecular weight is 484 g/mol. The fourth-order valence-corrected chi connectivity index (χ4v) is 5.44. The average Bonchev–Trinajstić information content (AvgIpc) is 3.58. The summed E-state index contributed by atoms with van der Waals surface area (Å²) in [5.41, 5.74) is 5.25. The van der Waals surface area contributed by atoms with Crippen LogP contribution in [0.5, 0.6) is 17.2 Å². The minimum absolute atomic E-state index is 0.00436. The first-order valence-electron chi connectivity index (χ1n) is 12.6. The third-order valence-corrected chi connectivity index (χ3v) is 7.51. The third kappa shape index (κ3) is 4.97. The number of carbonyl (C=O) groups excluding carboxylic acids is 1. The number of ether oxygens (including phenoxy) is 3. The number of rotatable bonds is 9. The van der Waals surface area contributed by atoms with E-state index in [4.69, 9.17) is 14.2 Å². The highest BCUT2D eigenvalue weighted by Crippen LogP contribution is 2.43. The lowest BCUT2D eigenvalue weighted by atomic mass is 9.78. The van der Waals surface area contributed by atoms with Crippen molar-refractivity contribution in [2.45, 2.75) is 44.1 Å². The molecule has 2 aliphatic carbocycles. The van der Waals surface area contributed by atoms with E-state index in [2.05, 4.69) is 35.6 Å². The SMILES string of the molecule is COc1ccc(C2(CNC(=O)C3=Cc4cc(OCc5ccccc5)ccc4C3)CCCC2)cc1OC. The molecular formula is C31H33NO4. The Hall–Kier alpha value is -3.73. The highest BCUT2D eigenvalue weighted by atomic mass is 16.5. The summed E-state index contributed by atoms with van der Waals surface area (Å²) in [5, 5.41) is 3.26. The van der Waals surface area contributed by atoms with Gasteiger partial charge in [-0.05, 0) is 65.4 Å². The molecular weight excluding hydrogens is 450 g/mol. The van der Waals surface area contributed by atoms with Crippen LogP contribution >= 0.6 is 0 Å². The van der Waals surface area contributed by atoms with E-state index in [-0.39, 0.29) is 11.3 Å². The van der Waals surface area contributed by atoms with Gasteiger partial charge in [0, 0.05) is 24.0 Å². The van der Waals surface area contributed by atoms with Gasteiger partial charge in [-0.15, -0.1) is 0 Å². The minimum atomic E-state index is -0.0837. The van der Waals surface area contributed by atoms with Gasteiger partial charge in [-0.2, -0.15) is 0 Å². The summed E-state index contributed by atoms with van der Waals surface area (Å²) in [6.45, 7) is 1.13. The molecule has 186 valence electrons. The van der Waals surface area contributed by atoms with Gasteiger partial charge in [-0.1, -0.05) is 55.3 Å². The van der Waals surface area contributed by atoms with E-state index in [0.717, 1.165) is 65.2 Å². The fraction of sp³-hybridized carbons (Fsp3) is 0.323. The quantitative estimate of drug-likeness (QED) is 0.415. The molecule has 2 aliphatic rings. The van der Waals surface area contributed by atoms with Gasteiger partial charge in [0.1, 0.15) is 12.4 Å². The van der Waals surface area contributed by atoms with Crippen LogP contribution in [0.3, 0.4) is 0 Å². The molecule has 1 amide bonds. The second-order valence-electron chi connectivity index (χ2n) is 9.72. The Morgan fingerprint density at radius 1 is 0.917 bits per heavy atom. The van der Waals surface area contributed by atoms with E-state index in [0.29, 0.717) is 19.6 Å². The fourth-order valence-electron chi connectivity index (χ4n) is 5.44. The summed E-state index contributed by atoms with van der Waals surface area (Å²) in [5.74, 6) is 2.27. The molecule has 0 aromatic heterocycles. The molecule has 3 aromatic carbocycles. The Labute approximate surface area is 213 Å². The molecule has 1 saturated carbocycles. The number of benzene rings is 3. The molecule has 0 atom stereocenters. The van der Waals surface area contributed by atoms with Crippen LogP contribution in [0.2, 0.25) is 0 Å². The van der Waals surface area contributed by atoms with Crippen LogP contribution in [0, 0.1) is 0 Å².